The summed E-state index contributed by atoms with van der Waals surface area (Å²) in [6.45, 7) is 0.348. The number of benzene rings is 3. The van der Waals surface area contributed by atoms with E-state index in [0.717, 1.165) is 17.7 Å². The summed E-state index contributed by atoms with van der Waals surface area (Å²) in [7, 11) is -2.14. The highest BCUT2D eigenvalue weighted by Gasteiger charge is 2.31. The number of ether oxygens (including phenoxy) is 2. The first-order chi connectivity index (χ1) is 19.0. The zero-order valence-electron chi connectivity index (χ0n) is 21.0. The van der Waals surface area contributed by atoms with Crippen molar-refractivity contribution in [2.45, 2.75) is 13.0 Å². The van der Waals surface area contributed by atoms with Crippen molar-refractivity contribution in [2.75, 3.05) is 14.2 Å². The Morgan fingerprint density at radius 3 is 2.27 bits per heavy atom. The van der Waals surface area contributed by atoms with Crippen molar-refractivity contribution in [2.24, 2.45) is 0 Å². The van der Waals surface area contributed by atoms with Gasteiger partial charge in [0.05, 0.1) is 19.9 Å². The molecule has 0 radical (unpaired) electrons. The molecular weight excluding hydrogens is 546 g/mol. The van der Waals surface area contributed by atoms with Crippen molar-refractivity contribution in [3.05, 3.63) is 58.4 Å². The molecule has 5 aromatic rings. The Bertz CT molecular complexity index is 2040. The van der Waals surface area contributed by atoms with Crippen molar-refractivity contribution in [1.29, 1.82) is 0 Å². The highest BCUT2D eigenvalue weighted by atomic mass is 32.3. The van der Waals surface area contributed by atoms with E-state index in [-0.39, 0.29) is 39.5 Å². The van der Waals surface area contributed by atoms with Gasteiger partial charge in [-0.2, -0.15) is 8.42 Å². The average Bonchev–Trinajstić information content (AvgIpc) is 3.25. The number of aryl methyl sites for hydroxylation is 2. The van der Waals surface area contributed by atoms with Gasteiger partial charge in [-0.15, -0.1) is 0 Å². The fourth-order valence-electron chi connectivity index (χ4n) is 5.31. The van der Waals surface area contributed by atoms with E-state index in [4.69, 9.17) is 18.4 Å². The molecule has 40 heavy (non-hydrogen) atoms. The van der Waals surface area contributed by atoms with Gasteiger partial charge in [0.2, 0.25) is 0 Å². The van der Waals surface area contributed by atoms with Gasteiger partial charge in [-0.1, -0.05) is 6.07 Å². The maximum absolute atomic E-state index is 13.4. The number of phenols is 3. The summed E-state index contributed by atoms with van der Waals surface area (Å²) in [5.41, 5.74) is 2.18. The molecule has 13 heteroatoms. The molecule has 0 saturated heterocycles. The van der Waals surface area contributed by atoms with Crippen LogP contribution in [0, 0.1) is 0 Å². The largest absolute Gasteiger partial charge is 0.504 e. The van der Waals surface area contributed by atoms with Crippen LogP contribution in [0.15, 0.2) is 51.7 Å². The predicted octanol–water partition coefficient (Wildman–Crippen LogP) is 3.95. The molecule has 0 unspecified atom stereocenters. The second kappa shape index (κ2) is 8.83. The molecule has 0 saturated carbocycles. The second-order valence-electron chi connectivity index (χ2n) is 9.13. The fourth-order valence-corrected chi connectivity index (χ4v) is 5.68. The summed E-state index contributed by atoms with van der Waals surface area (Å²) in [5, 5.41) is 32.4. The maximum atomic E-state index is 13.4. The molecule has 0 fully saturated rings. The Hall–Kier alpha value is -4.88. The van der Waals surface area contributed by atoms with Crippen LogP contribution in [0.5, 0.6) is 34.5 Å². The van der Waals surface area contributed by atoms with E-state index in [2.05, 4.69) is 4.18 Å². The smallest absolute Gasteiger partial charge is 0.446 e. The summed E-state index contributed by atoms with van der Waals surface area (Å²) < 4.78 is 53.8. The third-order valence-electron chi connectivity index (χ3n) is 6.92. The summed E-state index contributed by atoms with van der Waals surface area (Å²) in [4.78, 5) is 13.4. The fraction of sp³-hybridized carbons (Fsp3) is 0.148. The van der Waals surface area contributed by atoms with E-state index in [0.29, 0.717) is 40.7 Å². The highest BCUT2D eigenvalue weighted by molar-refractivity contribution is 7.81. The van der Waals surface area contributed by atoms with E-state index >= 15 is 0 Å². The standard InChI is InChI=1S/C27H21NO11S/c1-36-19-4-3-13(7-16(19)29)23-24-15-10-18(31)22(39-40(33,34)35)11-20(15)38-27(32)26(24)28-6-5-12-8-21(37-2)17(30)9-14(12)25(23)28/h3-4,7-11,29-31H,5-6H2,1-2H3,(H,33,34,35). The number of methoxy groups -OCH3 is 2. The van der Waals surface area contributed by atoms with Gasteiger partial charge in [-0.05, 0) is 47.9 Å². The Labute approximate surface area is 225 Å². The summed E-state index contributed by atoms with van der Waals surface area (Å²) in [6.07, 6.45) is 0.486. The summed E-state index contributed by atoms with van der Waals surface area (Å²) >= 11 is 0. The van der Waals surface area contributed by atoms with E-state index < -0.39 is 27.5 Å². The normalized spacial score (nSPS) is 12.8. The molecule has 3 heterocycles. The minimum Gasteiger partial charge on any atom is -0.504 e. The second-order valence-corrected chi connectivity index (χ2v) is 10.2. The zero-order chi connectivity index (χ0) is 28.5. The Kier molecular flexibility index (Phi) is 5.60. The van der Waals surface area contributed by atoms with Crippen molar-refractivity contribution in [3.63, 3.8) is 0 Å². The Balaban J connectivity index is 1.79. The maximum Gasteiger partial charge on any atom is 0.446 e. The molecule has 0 spiro atoms. The van der Waals surface area contributed by atoms with Crippen LogP contribution in [0.2, 0.25) is 0 Å². The Morgan fingerprint density at radius 1 is 0.900 bits per heavy atom. The quantitative estimate of drug-likeness (QED) is 0.178. The number of aromatic hydroxyl groups is 3. The van der Waals surface area contributed by atoms with Crippen molar-refractivity contribution >= 4 is 32.3 Å². The molecule has 6 rings (SSSR count). The lowest BCUT2D eigenvalue weighted by atomic mass is 9.91. The van der Waals surface area contributed by atoms with Crippen LogP contribution < -0.4 is 19.3 Å². The minimum atomic E-state index is -4.99. The van der Waals surface area contributed by atoms with Crippen molar-refractivity contribution in [1.82, 2.24) is 4.57 Å². The first-order valence-electron chi connectivity index (χ1n) is 11.8. The van der Waals surface area contributed by atoms with Crippen LogP contribution in [-0.2, 0) is 23.4 Å². The van der Waals surface area contributed by atoms with Crippen LogP contribution in [0.1, 0.15) is 5.56 Å². The number of nitrogens with zero attached hydrogens (tertiary/aromatic N) is 1. The van der Waals surface area contributed by atoms with Gasteiger partial charge in [0, 0.05) is 34.5 Å². The number of aromatic nitrogens is 1. The van der Waals surface area contributed by atoms with Gasteiger partial charge in [0.15, 0.2) is 34.5 Å². The van der Waals surface area contributed by atoms with Crippen LogP contribution in [0.3, 0.4) is 0 Å². The molecule has 4 N–H and O–H groups in total. The van der Waals surface area contributed by atoms with Gasteiger partial charge < -0.3 is 38.0 Å². The third kappa shape index (κ3) is 3.86. The molecule has 2 aromatic heterocycles. The van der Waals surface area contributed by atoms with Crippen LogP contribution >= 0.6 is 0 Å². The van der Waals surface area contributed by atoms with E-state index in [1.807, 2.05) is 0 Å². The van der Waals surface area contributed by atoms with Crippen LogP contribution in [0.4, 0.5) is 0 Å². The lowest BCUT2D eigenvalue weighted by Gasteiger charge is -2.22. The van der Waals surface area contributed by atoms with E-state index in [9.17, 15) is 28.5 Å². The molecule has 3 aromatic carbocycles. The average molecular weight is 568 g/mol. The van der Waals surface area contributed by atoms with Crippen LogP contribution in [-0.4, -0.2) is 47.1 Å². The number of hydrogen-bond donors (Lipinski definition) is 4. The minimum absolute atomic E-state index is 0.120. The lowest BCUT2D eigenvalue weighted by molar-refractivity contribution is 0.371. The van der Waals surface area contributed by atoms with Crippen molar-refractivity contribution in [3.8, 4) is 56.9 Å². The molecule has 0 aliphatic carbocycles. The van der Waals surface area contributed by atoms with E-state index in [1.165, 1.54) is 26.4 Å². The molecular formula is C27H21NO11S. The summed E-state index contributed by atoms with van der Waals surface area (Å²) in [6, 6.07) is 10.1. The molecule has 0 atom stereocenters. The first kappa shape index (κ1) is 25.4. The molecule has 206 valence electrons. The van der Waals surface area contributed by atoms with Gasteiger partial charge in [-0.3, -0.25) is 4.55 Å². The number of phenolic OH excluding ortho intramolecular Hbond substituents is 3. The van der Waals surface area contributed by atoms with E-state index in [1.54, 1.807) is 22.8 Å². The number of fused-ring (bicyclic) bond motifs is 7. The van der Waals surface area contributed by atoms with Crippen molar-refractivity contribution < 1.29 is 46.4 Å². The van der Waals surface area contributed by atoms with Gasteiger partial charge in [0.25, 0.3) is 0 Å². The van der Waals surface area contributed by atoms with Gasteiger partial charge in [0.1, 0.15) is 11.1 Å². The molecule has 1 aliphatic rings. The molecule has 0 amide bonds. The first-order valence-corrected chi connectivity index (χ1v) is 13.2. The van der Waals surface area contributed by atoms with Crippen LogP contribution in [0.25, 0.3) is 44.3 Å². The van der Waals surface area contributed by atoms with Gasteiger partial charge in [-0.25, -0.2) is 4.79 Å². The SMILES string of the molecule is COc1ccc(-c2c3n(c4c(=O)oc5cc(OS(=O)(=O)O)c(O)cc5c24)CCc2cc(OC)c(O)cc2-3)cc1O. The monoisotopic (exact) mass is 567 g/mol. The molecule has 0 bridgehead atoms. The highest BCUT2D eigenvalue weighted by Crippen LogP contribution is 2.49. The molecule has 12 nitrogen and oxygen atoms in total. The zero-order valence-corrected chi connectivity index (χ0v) is 21.8. The Morgan fingerprint density at radius 2 is 1.60 bits per heavy atom. The lowest BCUT2D eigenvalue weighted by Crippen LogP contribution is -2.14. The predicted molar refractivity (Wildman–Crippen MR) is 143 cm³/mol. The van der Waals surface area contributed by atoms with Gasteiger partial charge >= 0.3 is 16.0 Å². The third-order valence-corrected chi connectivity index (χ3v) is 7.31. The molecule has 1 aliphatic heterocycles. The number of rotatable bonds is 5. The number of hydrogen-bond acceptors (Lipinski definition) is 10. The summed E-state index contributed by atoms with van der Waals surface area (Å²) in [5.74, 6) is -1.07. The topological polar surface area (TPSA) is 178 Å².